The first-order chi connectivity index (χ1) is 9.92. The summed E-state index contributed by atoms with van der Waals surface area (Å²) in [5.41, 5.74) is -0.223. The predicted octanol–water partition coefficient (Wildman–Crippen LogP) is 1.41. The Morgan fingerprint density at radius 3 is 2.48 bits per heavy atom. The van der Waals surface area contributed by atoms with Gasteiger partial charge in [0.1, 0.15) is 0 Å². The predicted molar refractivity (Wildman–Crippen MR) is 80.2 cm³/mol. The number of rotatable bonds is 8. The third-order valence-corrected chi connectivity index (χ3v) is 4.94. The smallest absolute Gasteiger partial charge is 0.314 e. The molecule has 0 saturated heterocycles. The van der Waals surface area contributed by atoms with Crippen LogP contribution in [-0.4, -0.2) is 54.2 Å². The highest BCUT2D eigenvalue weighted by atomic mass is 16.4. The van der Waals surface area contributed by atoms with Gasteiger partial charge in [0.05, 0.1) is 6.42 Å². The van der Waals surface area contributed by atoms with Crippen molar-refractivity contribution < 1.29 is 14.7 Å². The van der Waals surface area contributed by atoms with Crippen molar-refractivity contribution in [2.24, 2.45) is 5.41 Å². The van der Waals surface area contributed by atoms with Crippen LogP contribution in [0.15, 0.2) is 0 Å². The number of carboxylic acid groups (broad SMARTS) is 1. The summed E-state index contributed by atoms with van der Waals surface area (Å²) in [4.78, 5) is 25.0. The molecule has 6 heteroatoms. The normalized spacial score (nSPS) is 21.5. The van der Waals surface area contributed by atoms with Gasteiger partial charge in [0.15, 0.2) is 0 Å². The maximum absolute atomic E-state index is 11.8. The summed E-state index contributed by atoms with van der Waals surface area (Å²) in [7, 11) is 2.10. The maximum atomic E-state index is 11.8. The van der Waals surface area contributed by atoms with E-state index in [9.17, 15) is 9.59 Å². The molecule has 0 aromatic heterocycles. The number of urea groups is 1. The summed E-state index contributed by atoms with van der Waals surface area (Å²) < 4.78 is 0. The quantitative estimate of drug-likeness (QED) is 0.633. The molecule has 0 aliphatic heterocycles. The van der Waals surface area contributed by atoms with Crippen molar-refractivity contribution in [3.63, 3.8) is 0 Å². The molecule has 0 heterocycles. The van der Waals surface area contributed by atoms with Crippen LogP contribution in [0.2, 0.25) is 0 Å². The topological polar surface area (TPSA) is 81.7 Å². The van der Waals surface area contributed by atoms with E-state index in [4.69, 9.17) is 5.11 Å². The van der Waals surface area contributed by atoms with Crippen LogP contribution in [0.4, 0.5) is 4.79 Å². The lowest BCUT2D eigenvalue weighted by Gasteiger charge is -2.40. The van der Waals surface area contributed by atoms with Crippen molar-refractivity contribution in [1.29, 1.82) is 0 Å². The molecule has 2 rings (SSSR count). The Morgan fingerprint density at radius 1 is 1.33 bits per heavy atom. The standard InChI is InChI=1S/C15H27N3O3/c1-11(18(2)12-4-5-12)9-16-14(21)17-10-15(6-3-7-15)8-13(19)20/h11-12H,3-10H2,1-2H3,(H,19,20)(H2,16,17,21). The number of amides is 2. The van der Waals surface area contributed by atoms with E-state index in [1.807, 2.05) is 0 Å². The highest BCUT2D eigenvalue weighted by Gasteiger charge is 2.39. The van der Waals surface area contributed by atoms with E-state index in [1.54, 1.807) is 0 Å². The average Bonchev–Trinajstić information content (AvgIpc) is 3.21. The van der Waals surface area contributed by atoms with Gasteiger partial charge in [0.25, 0.3) is 0 Å². The SMILES string of the molecule is CC(CNC(=O)NCC1(CC(=O)O)CCC1)N(C)C1CC1. The second kappa shape index (κ2) is 6.64. The maximum Gasteiger partial charge on any atom is 0.314 e. The Hall–Kier alpha value is -1.30. The Labute approximate surface area is 126 Å². The Kier molecular flexibility index (Phi) is 5.08. The Morgan fingerprint density at radius 2 is 2.00 bits per heavy atom. The fourth-order valence-corrected chi connectivity index (χ4v) is 2.97. The number of nitrogens with zero attached hydrogens (tertiary/aromatic N) is 1. The van der Waals surface area contributed by atoms with Crippen LogP contribution in [0.25, 0.3) is 0 Å². The van der Waals surface area contributed by atoms with E-state index < -0.39 is 5.97 Å². The average molecular weight is 297 g/mol. The van der Waals surface area contributed by atoms with E-state index in [0.29, 0.717) is 25.2 Å². The van der Waals surface area contributed by atoms with Gasteiger partial charge in [-0.1, -0.05) is 6.42 Å². The van der Waals surface area contributed by atoms with Gasteiger partial charge in [-0.3, -0.25) is 9.69 Å². The van der Waals surface area contributed by atoms with E-state index in [0.717, 1.165) is 19.3 Å². The molecule has 0 radical (unpaired) electrons. The summed E-state index contributed by atoms with van der Waals surface area (Å²) in [6.07, 6.45) is 5.49. The Bertz CT molecular complexity index is 392. The summed E-state index contributed by atoms with van der Waals surface area (Å²) in [6, 6.07) is 0.807. The number of carboxylic acids is 1. The van der Waals surface area contributed by atoms with Gasteiger partial charge in [0.2, 0.25) is 0 Å². The number of hydrogen-bond donors (Lipinski definition) is 3. The summed E-state index contributed by atoms with van der Waals surface area (Å²) in [5, 5.41) is 14.7. The van der Waals surface area contributed by atoms with E-state index >= 15 is 0 Å². The van der Waals surface area contributed by atoms with E-state index in [2.05, 4.69) is 29.5 Å². The Balaban J connectivity index is 1.65. The molecule has 2 aliphatic rings. The molecular weight excluding hydrogens is 270 g/mol. The number of likely N-dealkylation sites (N-methyl/N-ethyl adjacent to an activating group) is 1. The lowest BCUT2D eigenvalue weighted by Crippen LogP contribution is -2.49. The van der Waals surface area contributed by atoms with Gasteiger partial charge in [0, 0.05) is 25.2 Å². The molecule has 2 aliphatic carbocycles. The molecule has 6 nitrogen and oxygen atoms in total. The molecule has 0 bridgehead atoms. The zero-order valence-corrected chi connectivity index (χ0v) is 13.0. The largest absolute Gasteiger partial charge is 0.481 e. The zero-order chi connectivity index (χ0) is 15.5. The van der Waals surface area contributed by atoms with Gasteiger partial charge in [-0.25, -0.2) is 4.79 Å². The van der Waals surface area contributed by atoms with Gasteiger partial charge in [-0.05, 0) is 45.1 Å². The first kappa shape index (κ1) is 16.1. The van der Waals surface area contributed by atoms with E-state index in [-0.39, 0.29) is 17.9 Å². The zero-order valence-electron chi connectivity index (χ0n) is 13.0. The number of nitrogens with one attached hydrogen (secondary N) is 2. The van der Waals surface area contributed by atoms with Crippen LogP contribution in [0, 0.1) is 5.41 Å². The molecular formula is C15H27N3O3. The first-order valence-corrected chi connectivity index (χ1v) is 7.87. The third kappa shape index (κ3) is 4.59. The lowest BCUT2D eigenvalue weighted by molar-refractivity contribution is -0.141. The minimum atomic E-state index is -0.781. The first-order valence-electron chi connectivity index (χ1n) is 7.87. The highest BCUT2D eigenvalue weighted by molar-refractivity contribution is 5.74. The lowest BCUT2D eigenvalue weighted by atomic mass is 9.66. The van der Waals surface area contributed by atoms with Crippen LogP contribution in [0.5, 0.6) is 0 Å². The van der Waals surface area contributed by atoms with Gasteiger partial charge in [-0.2, -0.15) is 0 Å². The van der Waals surface area contributed by atoms with Crippen LogP contribution in [-0.2, 0) is 4.79 Å². The summed E-state index contributed by atoms with van der Waals surface area (Å²) in [6.45, 7) is 3.18. The highest BCUT2D eigenvalue weighted by Crippen LogP contribution is 2.43. The van der Waals surface area contributed by atoms with E-state index in [1.165, 1.54) is 12.8 Å². The number of hydrogen-bond acceptors (Lipinski definition) is 3. The third-order valence-electron chi connectivity index (χ3n) is 4.94. The molecule has 2 saturated carbocycles. The molecule has 0 spiro atoms. The van der Waals surface area contributed by atoms with Crippen LogP contribution < -0.4 is 10.6 Å². The van der Waals surface area contributed by atoms with Crippen molar-refractivity contribution in [2.45, 2.75) is 57.5 Å². The molecule has 2 amide bonds. The minimum Gasteiger partial charge on any atom is -0.481 e. The number of carbonyl (C=O) groups excluding carboxylic acids is 1. The molecule has 120 valence electrons. The van der Waals surface area contributed by atoms with Crippen molar-refractivity contribution >= 4 is 12.0 Å². The van der Waals surface area contributed by atoms with Crippen molar-refractivity contribution in [3.05, 3.63) is 0 Å². The van der Waals surface area contributed by atoms with Crippen molar-refractivity contribution in [3.8, 4) is 0 Å². The van der Waals surface area contributed by atoms with Crippen molar-refractivity contribution in [2.75, 3.05) is 20.1 Å². The fourth-order valence-electron chi connectivity index (χ4n) is 2.97. The summed E-state index contributed by atoms with van der Waals surface area (Å²) in [5.74, 6) is -0.781. The fraction of sp³-hybridized carbons (Fsp3) is 0.867. The molecule has 21 heavy (non-hydrogen) atoms. The summed E-state index contributed by atoms with van der Waals surface area (Å²) >= 11 is 0. The second-order valence-corrected chi connectivity index (χ2v) is 6.73. The number of carbonyl (C=O) groups is 2. The van der Waals surface area contributed by atoms with Crippen LogP contribution >= 0.6 is 0 Å². The van der Waals surface area contributed by atoms with Gasteiger partial charge in [-0.15, -0.1) is 0 Å². The molecule has 1 atom stereocenters. The molecule has 1 unspecified atom stereocenters. The minimum absolute atomic E-state index is 0.147. The van der Waals surface area contributed by atoms with Crippen molar-refractivity contribution in [1.82, 2.24) is 15.5 Å². The van der Waals surface area contributed by atoms with Crippen LogP contribution in [0.3, 0.4) is 0 Å². The van der Waals surface area contributed by atoms with Gasteiger partial charge < -0.3 is 15.7 Å². The monoisotopic (exact) mass is 297 g/mol. The van der Waals surface area contributed by atoms with Crippen LogP contribution in [0.1, 0.15) is 45.4 Å². The molecule has 0 aromatic carbocycles. The molecule has 0 aromatic rings. The van der Waals surface area contributed by atoms with Gasteiger partial charge >= 0.3 is 12.0 Å². The number of aliphatic carboxylic acids is 1. The second-order valence-electron chi connectivity index (χ2n) is 6.73. The molecule has 2 fully saturated rings. The molecule has 3 N–H and O–H groups in total.